The number of aromatic amines is 1. The molecule has 0 spiro atoms. The number of carbonyl (C=O) groups excluding carboxylic acids is 1. The van der Waals surface area contributed by atoms with E-state index < -0.39 is 0 Å². The van der Waals surface area contributed by atoms with Crippen LogP contribution in [0.3, 0.4) is 0 Å². The lowest BCUT2D eigenvalue weighted by Gasteiger charge is -2.20. The van der Waals surface area contributed by atoms with Crippen molar-refractivity contribution in [2.24, 2.45) is 0 Å². The van der Waals surface area contributed by atoms with Crippen molar-refractivity contribution in [1.29, 1.82) is 0 Å². The van der Waals surface area contributed by atoms with Gasteiger partial charge in [-0.05, 0) is 18.6 Å². The summed E-state index contributed by atoms with van der Waals surface area (Å²) in [4.78, 5) is 12.5. The second-order valence-electron chi connectivity index (χ2n) is 5.46. The molecule has 1 aliphatic carbocycles. The molecule has 0 radical (unpaired) electrons. The molecule has 1 aliphatic heterocycles. The largest absolute Gasteiger partial charge is 0.347 e. The maximum atomic E-state index is 12.5. The van der Waals surface area contributed by atoms with E-state index in [9.17, 15) is 4.79 Å². The number of halogens is 1. The molecule has 1 amide bonds. The summed E-state index contributed by atoms with van der Waals surface area (Å²) in [5.41, 5.74) is 2.74. The summed E-state index contributed by atoms with van der Waals surface area (Å²) in [5, 5.41) is 14.3. The predicted octanol–water partition coefficient (Wildman–Crippen LogP) is 1.88. The minimum absolute atomic E-state index is 0. The molecule has 1 saturated carbocycles. The molecule has 118 valence electrons. The summed E-state index contributed by atoms with van der Waals surface area (Å²) < 4.78 is 0. The number of rotatable bonds is 4. The first-order valence-corrected chi connectivity index (χ1v) is 8.53. The van der Waals surface area contributed by atoms with E-state index >= 15 is 0 Å². The van der Waals surface area contributed by atoms with Gasteiger partial charge in [0.2, 0.25) is 0 Å². The summed E-state index contributed by atoms with van der Waals surface area (Å²) >= 11 is 1.96. The Morgan fingerprint density at radius 3 is 3.14 bits per heavy atom. The fourth-order valence-electron chi connectivity index (χ4n) is 3.15. The zero-order chi connectivity index (χ0) is 13.9. The van der Waals surface area contributed by atoms with E-state index in [1.54, 1.807) is 0 Å². The molecule has 2 aliphatic rings. The van der Waals surface area contributed by atoms with Crippen LogP contribution in [-0.2, 0) is 13.0 Å². The number of thioether (sulfide) groups is 1. The number of H-pyrrole nitrogens is 1. The van der Waals surface area contributed by atoms with Crippen molar-refractivity contribution in [2.75, 3.05) is 12.3 Å². The Hall–Kier alpha value is -0.720. The number of hydrogen-bond donors (Lipinski definition) is 3. The van der Waals surface area contributed by atoms with Gasteiger partial charge >= 0.3 is 0 Å². The molecule has 3 N–H and O–H groups in total. The Labute approximate surface area is 135 Å². The van der Waals surface area contributed by atoms with Gasteiger partial charge in [0.15, 0.2) is 5.69 Å². The van der Waals surface area contributed by atoms with Crippen molar-refractivity contribution < 1.29 is 4.79 Å². The van der Waals surface area contributed by atoms with Crippen LogP contribution in [-0.4, -0.2) is 39.7 Å². The molecule has 2 atom stereocenters. The highest BCUT2D eigenvalue weighted by Crippen LogP contribution is 2.30. The number of amides is 1. The van der Waals surface area contributed by atoms with Gasteiger partial charge in [-0.3, -0.25) is 9.89 Å². The number of aromatic nitrogens is 2. The summed E-state index contributed by atoms with van der Waals surface area (Å²) in [6, 6.07) is 0.302. The highest BCUT2D eigenvalue weighted by molar-refractivity contribution is 7.99. The van der Waals surface area contributed by atoms with Gasteiger partial charge in [-0.2, -0.15) is 16.9 Å². The summed E-state index contributed by atoms with van der Waals surface area (Å²) in [7, 11) is 0. The molecule has 1 aromatic heterocycles. The quantitative estimate of drug-likeness (QED) is 0.788. The molecule has 0 saturated heterocycles. The maximum absolute atomic E-state index is 12.5. The van der Waals surface area contributed by atoms with E-state index in [4.69, 9.17) is 0 Å². The first-order chi connectivity index (χ1) is 9.79. The van der Waals surface area contributed by atoms with E-state index in [0.717, 1.165) is 42.9 Å². The average molecular weight is 331 g/mol. The Morgan fingerprint density at radius 2 is 2.33 bits per heavy atom. The Balaban J connectivity index is 0.00000161. The number of nitrogens with zero attached hydrogens (tertiary/aromatic N) is 1. The monoisotopic (exact) mass is 330 g/mol. The van der Waals surface area contributed by atoms with Crippen molar-refractivity contribution in [1.82, 2.24) is 20.8 Å². The Morgan fingerprint density at radius 1 is 1.48 bits per heavy atom. The minimum Gasteiger partial charge on any atom is -0.347 e. The molecular weight excluding hydrogens is 308 g/mol. The third kappa shape index (κ3) is 3.55. The maximum Gasteiger partial charge on any atom is 0.272 e. The van der Waals surface area contributed by atoms with E-state index in [1.807, 2.05) is 11.8 Å². The molecule has 21 heavy (non-hydrogen) atoms. The van der Waals surface area contributed by atoms with Crippen molar-refractivity contribution in [2.45, 2.75) is 50.4 Å². The normalized spacial score (nSPS) is 24.2. The molecule has 2 unspecified atom stereocenters. The number of carbonyl (C=O) groups is 1. The highest BCUT2D eigenvalue weighted by atomic mass is 35.5. The van der Waals surface area contributed by atoms with Crippen LogP contribution < -0.4 is 10.6 Å². The number of hydrogen-bond acceptors (Lipinski definition) is 4. The van der Waals surface area contributed by atoms with Gasteiger partial charge < -0.3 is 10.6 Å². The van der Waals surface area contributed by atoms with Gasteiger partial charge in [0.05, 0.1) is 0 Å². The van der Waals surface area contributed by atoms with E-state index in [1.165, 1.54) is 12.8 Å². The molecule has 5 nitrogen and oxygen atoms in total. The third-order valence-electron chi connectivity index (χ3n) is 4.17. The molecule has 3 rings (SSSR count). The topological polar surface area (TPSA) is 69.8 Å². The lowest BCUT2D eigenvalue weighted by atomic mass is 10.1. The zero-order valence-corrected chi connectivity index (χ0v) is 13.9. The van der Waals surface area contributed by atoms with E-state index in [0.29, 0.717) is 17.0 Å². The molecule has 0 aromatic carbocycles. The van der Waals surface area contributed by atoms with Gasteiger partial charge in [-0.1, -0.05) is 13.3 Å². The van der Waals surface area contributed by atoms with Crippen LogP contribution in [0, 0.1) is 0 Å². The Kier molecular flexibility index (Phi) is 5.96. The van der Waals surface area contributed by atoms with Gasteiger partial charge in [0.1, 0.15) is 0 Å². The van der Waals surface area contributed by atoms with Crippen LogP contribution in [0.4, 0.5) is 0 Å². The predicted molar refractivity (Wildman–Crippen MR) is 88.3 cm³/mol. The van der Waals surface area contributed by atoms with Crippen molar-refractivity contribution in [3.63, 3.8) is 0 Å². The van der Waals surface area contributed by atoms with Crippen LogP contribution in [0.5, 0.6) is 0 Å². The second-order valence-corrected chi connectivity index (χ2v) is 6.98. The SMILES string of the molecule is CCSC1CCCC1NC(=O)c1n[nH]c2c1CNCC2.Cl. The van der Waals surface area contributed by atoms with E-state index in [2.05, 4.69) is 27.8 Å². The first-order valence-electron chi connectivity index (χ1n) is 7.49. The minimum atomic E-state index is -0.0141. The van der Waals surface area contributed by atoms with Gasteiger partial charge in [0.25, 0.3) is 5.91 Å². The zero-order valence-electron chi connectivity index (χ0n) is 12.3. The fourth-order valence-corrected chi connectivity index (χ4v) is 4.35. The first kappa shape index (κ1) is 16.6. The highest BCUT2D eigenvalue weighted by Gasteiger charge is 2.30. The average Bonchev–Trinajstić information content (AvgIpc) is 3.06. The smallest absolute Gasteiger partial charge is 0.272 e. The van der Waals surface area contributed by atoms with Crippen molar-refractivity contribution >= 4 is 30.1 Å². The lowest BCUT2D eigenvalue weighted by Crippen LogP contribution is -2.39. The second kappa shape index (κ2) is 7.51. The Bertz CT molecular complexity index is 493. The van der Waals surface area contributed by atoms with Crippen molar-refractivity contribution in [3.8, 4) is 0 Å². The van der Waals surface area contributed by atoms with Crippen LogP contribution in [0.25, 0.3) is 0 Å². The third-order valence-corrected chi connectivity index (χ3v) is 5.50. The van der Waals surface area contributed by atoms with Crippen LogP contribution >= 0.6 is 24.2 Å². The van der Waals surface area contributed by atoms with Crippen molar-refractivity contribution in [3.05, 3.63) is 17.0 Å². The van der Waals surface area contributed by atoms with Gasteiger partial charge in [-0.15, -0.1) is 12.4 Å². The van der Waals surface area contributed by atoms with Crippen LogP contribution in [0.1, 0.15) is 47.9 Å². The van der Waals surface area contributed by atoms with Crippen LogP contribution in [0.2, 0.25) is 0 Å². The molecule has 7 heteroatoms. The molecule has 1 fully saturated rings. The van der Waals surface area contributed by atoms with Crippen LogP contribution in [0.15, 0.2) is 0 Å². The van der Waals surface area contributed by atoms with Gasteiger partial charge in [0, 0.05) is 42.1 Å². The lowest BCUT2D eigenvalue weighted by molar-refractivity contribution is 0.0932. The van der Waals surface area contributed by atoms with Gasteiger partial charge in [-0.25, -0.2) is 0 Å². The summed E-state index contributed by atoms with van der Waals surface area (Å²) in [5.74, 6) is 1.10. The molecule has 1 aromatic rings. The molecular formula is C14H23ClN4OS. The summed E-state index contributed by atoms with van der Waals surface area (Å²) in [6.07, 6.45) is 4.44. The molecule has 2 heterocycles. The number of fused-ring (bicyclic) bond motifs is 1. The standard InChI is InChI=1S/C14H22N4OS.ClH/c1-2-20-12-5-3-4-11(12)16-14(19)13-9-8-15-7-6-10(9)17-18-13;/h11-12,15H,2-8H2,1H3,(H,16,19)(H,17,18);1H. The summed E-state index contributed by atoms with van der Waals surface area (Å²) in [6.45, 7) is 3.87. The fraction of sp³-hybridized carbons (Fsp3) is 0.714. The molecule has 0 bridgehead atoms. The van der Waals surface area contributed by atoms with E-state index in [-0.39, 0.29) is 18.3 Å². The number of nitrogens with one attached hydrogen (secondary N) is 3.